The zero-order valence-corrected chi connectivity index (χ0v) is 21.7. The highest BCUT2D eigenvalue weighted by Crippen LogP contribution is 2.21. The van der Waals surface area contributed by atoms with Gasteiger partial charge in [0.05, 0.1) is 17.9 Å². The number of carbonyl (C=O) groups is 1. The van der Waals surface area contributed by atoms with E-state index in [0.717, 1.165) is 47.7 Å². The van der Waals surface area contributed by atoms with Gasteiger partial charge in [-0.25, -0.2) is 0 Å². The second-order valence-corrected chi connectivity index (χ2v) is 9.59. The van der Waals surface area contributed by atoms with Crippen LogP contribution >= 0.6 is 11.6 Å². The molecular formula is C27H29ClN8O. The van der Waals surface area contributed by atoms with Crippen LogP contribution < -0.4 is 0 Å². The van der Waals surface area contributed by atoms with Crippen molar-refractivity contribution in [3.8, 4) is 11.3 Å². The number of hydrogen-bond acceptors (Lipinski definition) is 6. The number of aromatic nitrogens is 6. The van der Waals surface area contributed by atoms with Gasteiger partial charge in [-0.3, -0.25) is 14.4 Å². The Morgan fingerprint density at radius 3 is 2.51 bits per heavy atom. The second kappa shape index (κ2) is 11.1. The van der Waals surface area contributed by atoms with Crippen molar-refractivity contribution >= 4 is 23.6 Å². The lowest BCUT2D eigenvalue weighted by Gasteiger charge is -2.34. The van der Waals surface area contributed by atoms with Crippen molar-refractivity contribution in [2.45, 2.75) is 20.0 Å². The van der Waals surface area contributed by atoms with E-state index in [9.17, 15) is 4.79 Å². The third kappa shape index (κ3) is 6.12. The highest BCUT2D eigenvalue weighted by Gasteiger charge is 2.21. The lowest BCUT2D eigenvalue weighted by atomic mass is 10.1. The Labute approximate surface area is 220 Å². The van der Waals surface area contributed by atoms with Gasteiger partial charge < -0.3 is 4.90 Å². The van der Waals surface area contributed by atoms with Crippen LogP contribution in [0, 0.1) is 6.92 Å². The highest BCUT2D eigenvalue weighted by atomic mass is 35.5. The first-order valence-electron chi connectivity index (χ1n) is 12.2. The Bertz CT molecular complexity index is 1400. The Morgan fingerprint density at radius 1 is 1.00 bits per heavy atom. The summed E-state index contributed by atoms with van der Waals surface area (Å²) < 4.78 is 1.95. The minimum absolute atomic E-state index is 0.00201. The molecule has 3 heterocycles. The predicted octanol–water partition coefficient (Wildman–Crippen LogP) is 3.44. The molecule has 2 aromatic carbocycles. The lowest BCUT2D eigenvalue weighted by Crippen LogP contribution is -2.47. The van der Waals surface area contributed by atoms with E-state index in [-0.39, 0.29) is 5.91 Å². The van der Waals surface area contributed by atoms with Gasteiger partial charge >= 0.3 is 0 Å². The summed E-state index contributed by atoms with van der Waals surface area (Å²) >= 11 is 6.21. The molecule has 0 radical (unpaired) electrons. The van der Waals surface area contributed by atoms with Crippen LogP contribution in [0.2, 0.25) is 5.02 Å². The molecule has 0 saturated carbocycles. The third-order valence-electron chi connectivity index (χ3n) is 6.49. The molecule has 4 aromatic rings. The van der Waals surface area contributed by atoms with Crippen molar-refractivity contribution in [3.63, 3.8) is 0 Å². The molecule has 9 nitrogen and oxygen atoms in total. The number of piperazine rings is 1. The van der Waals surface area contributed by atoms with Gasteiger partial charge in [-0.1, -0.05) is 48.0 Å². The second-order valence-electron chi connectivity index (χ2n) is 9.16. The lowest BCUT2D eigenvalue weighted by molar-refractivity contribution is -0.127. The fourth-order valence-electron chi connectivity index (χ4n) is 4.44. The van der Waals surface area contributed by atoms with Crippen LogP contribution in [0.3, 0.4) is 0 Å². The molecule has 0 bridgehead atoms. The maximum atomic E-state index is 12.9. The van der Waals surface area contributed by atoms with Crippen LogP contribution in [-0.2, 0) is 24.9 Å². The van der Waals surface area contributed by atoms with Crippen molar-refractivity contribution in [1.82, 2.24) is 39.8 Å². The van der Waals surface area contributed by atoms with Crippen LogP contribution in [0.25, 0.3) is 17.3 Å². The number of benzene rings is 2. The Kier molecular flexibility index (Phi) is 7.43. The van der Waals surface area contributed by atoms with Gasteiger partial charge in [0.25, 0.3) is 0 Å². The van der Waals surface area contributed by atoms with Crippen LogP contribution in [0.15, 0.2) is 60.7 Å². The molecule has 0 atom stereocenters. The summed E-state index contributed by atoms with van der Waals surface area (Å²) in [6.07, 6.45) is 3.47. The maximum absolute atomic E-state index is 12.9. The van der Waals surface area contributed by atoms with Crippen molar-refractivity contribution in [2.75, 3.05) is 26.2 Å². The molecule has 0 spiro atoms. The molecule has 2 aromatic heterocycles. The predicted molar refractivity (Wildman–Crippen MR) is 143 cm³/mol. The first-order valence-corrected chi connectivity index (χ1v) is 12.6. The average Bonchev–Trinajstić information content (AvgIpc) is 3.49. The highest BCUT2D eigenvalue weighted by molar-refractivity contribution is 6.30. The molecular weight excluding hydrogens is 488 g/mol. The Morgan fingerprint density at radius 2 is 1.78 bits per heavy atom. The average molecular weight is 517 g/mol. The fraction of sp³-hybridized carbons (Fsp3) is 0.296. The van der Waals surface area contributed by atoms with Gasteiger partial charge in [0.2, 0.25) is 5.91 Å². The van der Waals surface area contributed by atoms with Crippen LogP contribution in [0.1, 0.15) is 22.6 Å². The van der Waals surface area contributed by atoms with E-state index in [0.29, 0.717) is 30.5 Å². The molecule has 1 fully saturated rings. The van der Waals surface area contributed by atoms with Gasteiger partial charge in [0.15, 0.2) is 5.82 Å². The molecule has 0 unspecified atom stereocenters. The summed E-state index contributed by atoms with van der Waals surface area (Å²) in [5.74, 6) is 0.607. The van der Waals surface area contributed by atoms with E-state index in [4.69, 9.17) is 11.6 Å². The summed E-state index contributed by atoms with van der Waals surface area (Å²) in [7, 11) is 1.98. The molecule has 190 valence electrons. The summed E-state index contributed by atoms with van der Waals surface area (Å²) in [4.78, 5) is 18.7. The Hall–Kier alpha value is -3.82. The zero-order valence-electron chi connectivity index (χ0n) is 21.0. The monoisotopic (exact) mass is 516 g/mol. The molecule has 1 aliphatic heterocycles. The number of nitrogens with zero attached hydrogens (tertiary/aromatic N) is 8. The van der Waals surface area contributed by atoms with Gasteiger partial charge in [0, 0.05) is 56.4 Å². The van der Waals surface area contributed by atoms with Crippen molar-refractivity contribution in [2.24, 2.45) is 7.05 Å². The normalized spacial score (nSPS) is 14.5. The van der Waals surface area contributed by atoms with E-state index in [1.54, 1.807) is 13.0 Å². The van der Waals surface area contributed by atoms with E-state index >= 15 is 0 Å². The number of carbonyl (C=O) groups excluding carboxylic acids is 1. The SMILES string of the molecule is Cc1nnn(Cc2cc(Cl)ccc2C=CC(=O)N2CCN(Cc3cc(-c4ccccc4)nn3C)CC2)n1. The molecule has 0 N–H and O–H groups in total. The van der Waals surface area contributed by atoms with Gasteiger partial charge in [0.1, 0.15) is 0 Å². The third-order valence-corrected chi connectivity index (χ3v) is 6.73. The molecule has 1 saturated heterocycles. The molecule has 37 heavy (non-hydrogen) atoms. The zero-order chi connectivity index (χ0) is 25.8. The summed E-state index contributed by atoms with van der Waals surface area (Å²) in [5, 5.41) is 17.5. The van der Waals surface area contributed by atoms with Crippen molar-refractivity contribution in [1.29, 1.82) is 0 Å². The van der Waals surface area contributed by atoms with E-state index in [1.165, 1.54) is 4.80 Å². The van der Waals surface area contributed by atoms with E-state index in [1.807, 2.05) is 59.1 Å². The summed E-state index contributed by atoms with van der Waals surface area (Å²) in [5.41, 5.74) is 5.07. The van der Waals surface area contributed by atoms with Crippen LogP contribution in [-0.4, -0.2) is 71.9 Å². The minimum Gasteiger partial charge on any atom is -0.337 e. The maximum Gasteiger partial charge on any atom is 0.246 e. The number of amides is 1. The molecule has 1 aliphatic rings. The quantitative estimate of drug-likeness (QED) is 0.350. The number of rotatable bonds is 7. The minimum atomic E-state index is 0.00201. The molecule has 5 rings (SSSR count). The molecule has 0 aliphatic carbocycles. The summed E-state index contributed by atoms with van der Waals surface area (Å²) in [6, 6.07) is 17.9. The van der Waals surface area contributed by atoms with Crippen LogP contribution in [0.4, 0.5) is 0 Å². The van der Waals surface area contributed by atoms with Gasteiger partial charge in [-0.05, 0) is 47.5 Å². The van der Waals surface area contributed by atoms with E-state index < -0.39 is 0 Å². The first-order chi connectivity index (χ1) is 17.9. The standard InChI is InChI=1S/C27H29ClN8O/c1-20-29-32-36(30-20)18-23-16-24(28)10-8-21(23)9-11-27(37)35-14-12-34(13-15-35)19-25-17-26(31-33(25)2)22-6-4-3-5-7-22/h3-11,16-17H,12-15,18-19H2,1-2H3. The number of aryl methyl sites for hydroxylation is 2. The first kappa shape index (κ1) is 24.9. The van der Waals surface area contributed by atoms with Gasteiger partial charge in [-0.2, -0.15) is 9.90 Å². The van der Waals surface area contributed by atoms with Crippen molar-refractivity contribution in [3.05, 3.63) is 88.3 Å². The van der Waals surface area contributed by atoms with E-state index in [2.05, 4.69) is 43.6 Å². The van der Waals surface area contributed by atoms with Gasteiger partial charge in [-0.15, -0.1) is 10.2 Å². The number of tetrazole rings is 1. The Balaban J connectivity index is 1.18. The number of halogens is 1. The van der Waals surface area contributed by atoms with Crippen molar-refractivity contribution < 1.29 is 4.79 Å². The summed E-state index contributed by atoms with van der Waals surface area (Å²) in [6.45, 7) is 6.01. The molecule has 1 amide bonds. The van der Waals surface area contributed by atoms with Crippen LogP contribution in [0.5, 0.6) is 0 Å². The largest absolute Gasteiger partial charge is 0.337 e. The fourth-order valence-corrected chi connectivity index (χ4v) is 4.64. The molecule has 10 heteroatoms. The smallest absolute Gasteiger partial charge is 0.246 e. The topological polar surface area (TPSA) is 85.0 Å². The number of hydrogen-bond donors (Lipinski definition) is 0.